The Morgan fingerprint density at radius 2 is 2.47 bits per heavy atom. The third-order valence-corrected chi connectivity index (χ3v) is 2.17. The molecule has 0 spiro atoms. The topological polar surface area (TPSA) is 101 Å². The quantitative estimate of drug-likeness (QED) is 0.719. The summed E-state index contributed by atoms with van der Waals surface area (Å²) in [5, 5.41) is 16.7. The first-order valence-electron chi connectivity index (χ1n) is 5.33. The predicted octanol–water partition coefficient (Wildman–Crippen LogP) is -0.611. The van der Waals surface area contributed by atoms with Gasteiger partial charge in [-0.2, -0.15) is 0 Å². The molecule has 8 nitrogen and oxygen atoms in total. The van der Waals surface area contributed by atoms with Crippen LogP contribution in [0.25, 0.3) is 0 Å². The molecule has 2 heterocycles. The van der Waals surface area contributed by atoms with Crippen molar-refractivity contribution in [3.63, 3.8) is 0 Å². The van der Waals surface area contributed by atoms with E-state index in [4.69, 9.17) is 0 Å². The van der Waals surface area contributed by atoms with Crippen LogP contribution in [0.4, 0.5) is 0 Å². The number of H-pyrrole nitrogens is 1. The molecular formula is C9H13N7O. The lowest BCUT2D eigenvalue weighted by atomic mass is 10.4. The molecule has 0 aliphatic carbocycles. The lowest BCUT2D eigenvalue weighted by Crippen LogP contribution is -2.28. The number of hydrogen-bond donors (Lipinski definition) is 2. The van der Waals surface area contributed by atoms with Gasteiger partial charge in [-0.3, -0.25) is 14.6 Å². The molecule has 0 bridgehead atoms. The standard InChI is InChI=1S/C9H13N7O/c1-2-7-12-8(14-13-7)9(17)10-3-5-16-6-4-11-15-16/h4,6H,2-3,5H2,1H3,(H,10,17)(H,12,13,14). The highest BCUT2D eigenvalue weighted by molar-refractivity contribution is 5.90. The van der Waals surface area contributed by atoms with Crippen LogP contribution >= 0.6 is 0 Å². The number of aromatic amines is 1. The molecule has 0 unspecified atom stereocenters. The first-order chi connectivity index (χ1) is 8.29. The maximum atomic E-state index is 11.6. The molecule has 0 aliphatic rings. The summed E-state index contributed by atoms with van der Waals surface area (Å²) in [6.45, 7) is 2.96. The number of aromatic nitrogens is 6. The van der Waals surface area contributed by atoms with Gasteiger partial charge in [0.2, 0.25) is 5.82 Å². The van der Waals surface area contributed by atoms with Gasteiger partial charge in [0.05, 0.1) is 12.7 Å². The average molecular weight is 235 g/mol. The van der Waals surface area contributed by atoms with Crippen molar-refractivity contribution >= 4 is 5.91 Å². The van der Waals surface area contributed by atoms with Crippen LogP contribution in [0.1, 0.15) is 23.4 Å². The smallest absolute Gasteiger partial charge is 0.291 e. The highest BCUT2D eigenvalue weighted by Gasteiger charge is 2.10. The fourth-order valence-electron chi connectivity index (χ4n) is 1.27. The molecule has 0 saturated heterocycles. The van der Waals surface area contributed by atoms with Gasteiger partial charge in [0.15, 0.2) is 0 Å². The Bertz CT molecular complexity index is 475. The van der Waals surface area contributed by atoms with Gasteiger partial charge in [-0.15, -0.1) is 10.2 Å². The summed E-state index contributed by atoms with van der Waals surface area (Å²) < 4.78 is 1.63. The van der Waals surface area contributed by atoms with E-state index in [1.54, 1.807) is 17.1 Å². The summed E-state index contributed by atoms with van der Waals surface area (Å²) in [6, 6.07) is 0. The largest absolute Gasteiger partial charge is 0.347 e. The van der Waals surface area contributed by atoms with Crippen LogP contribution in [-0.2, 0) is 13.0 Å². The van der Waals surface area contributed by atoms with Crippen LogP contribution < -0.4 is 5.32 Å². The maximum absolute atomic E-state index is 11.6. The number of amides is 1. The van der Waals surface area contributed by atoms with E-state index in [9.17, 15) is 4.79 Å². The van der Waals surface area contributed by atoms with E-state index in [0.29, 0.717) is 18.9 Å². The van der Waals surface area contributed by atoms with Gasteiger partial charge in [0, 0.05) is 19.2 Å². The average Bonchev–Trinajstić information content (AvgIpc) is 2.99. The first-order valence-corrected chi connectivity index (χ1v) is 5.33. The van der Waals surface area contributed by atoms with Crippen molar-refractivity contribution in [1.29, 1.82) is 0 Å². The highest BCUT2D eigenvalue weighted by atomic mass is 16.2. The van der Waals surface area contributed by atoms with Crippen LogP contribution in [0, 0.1) is 0 Å². The molecule has 0 radical (unpaired) electrons. The molecule has 0 saturated carbocycles. The molecule has 0 aromatic carbocycles. The zero-order valence-corrected chi connectivity index (χ0v) is 9.42. The van der Waals surface area contributed by atoms with E-state index in [-0.39, 0.29) is 11.7 Å². The minimum Gasteiger partial charge on any atom is -0.347 e. The lowest BCUT2D eigenvalue weighted by molar-refractivity contribution is 0.0942. The number of nitrogens with zero attached hydrogens (tertiary/aromatic N) is 5. The summed E-state index contributed by atoms with van der Waals surface area (Å²) >= 11 is 0. The van der Waals surface area contributed by atoms with Crippen molar-refractivity contribution in [1.82, 2.24) is 35.5 Å². The monoisotopic (exact) mass is 235 g/mol. The number of rotatable bonds is 5. The van der Waals surface area contributed by atoms with Gasteiger partial charge in [-0.25, -0.2) is 4.98 Å². The number of hydrogen-bond acceptors (Lipinski definition) is 5. The van der Waals surface area contributed by atoms with E-state index < -0.39 is 0 Å². The summed E-state index contributed by atoms with van der Waals surface area (Å²) in [5.74, 6) is 0.577. The molecule has 2 N–H and O–H groups in total. The Morgan fingerprint density at radius 1 is 1.59 bits per heavy atom. The lowest BCUT2D eigenvalue weighted by Gasteiger charge is -2.01. The Kier molecular flexibility index (Phi) is 3.43. The van der Waals surface area contributed by atoms with Gasteiger partial charge in [-0.1, -0.05) is 12.1 Å². The molecule has 8 heteroatoms. The third kappa shape index (κ3) is 2.86. The van der Waals surface area contributed by atoms with Gasteiger partial charge >= 0.3 is 0 Å². The fourth-order valence-corrected chi connectivity index (χ4v) is 1.27. The second kappa shape index (κ2) is 5.19. The van der Waals surface area contributed by atoms with Gasteiger partial charge in [0.25, 0.3) is 5.91 Å². The van der Waals surface area contributed by atoms with E-state index >= 15 is 0 Å². The zero-order chi connectivity index (χ0) is 12.1. The highest BCUT2D eigenvalue weighted by Crippen LogP contribution is 1.93. The van der Waals surface area contributed by atoms with Crippen molar-refractivity contribution < 1.29 is 4.79 Å². The molecular weight excluding hydrogens is 222 g/mol. The normalized spacial score (nSPS) is 10.4. The molecule has 17 heavy (non-hydrogen) atoms. The molecule has 0 atom stereocenters. The SMILES string of the molecule is CCc1nc(C(=O)NCCn2ccnn2)n[nH]1. The zero-order valence-electron chi connectivity index (χ0n) is 9.42. The Balaban J connectivity index is 1.81. The van der Waals surface area contributed by atoms with Crippen molar-refractivity contribution in [3.8, 4) is 0 Å². The molecule has 2 aromatic rings. The van der Waals surface area contributed by atoms with Crippen LogP contribution in [0.5, 0.6) is 0 Å². The van der Waals surface area contributed by atoms with Crippen LogP contribution in [0.3, 0.4) is 0 Å². The minimum atomic E-state index is -0.291. The second-order valence-electron chi connectivity index (χ2n) is 3.38. The van der Waals surface area contributed by atoms with Crippen LogP contribution in [0.15, 0.2) is 12.4 Å². The van der Waals surface area contributed by atoms with Crippen LogP contribution in [0.2, 0.25) is 0 Å². The predicted molar refractivity (Wildman–Crippen MR) is 58.1 cm³/mol. The Hall–Kier alpha value is -2.25. The maximum Gasteiger partial charge on any atom is 0.291 e. The molecule has 90 valence electrons. The Morgan fingerprint density at radius 3 is 3.12 bits per heavy atom. The second-order valence-corrected chi connectivity index (χ2v) is 3.38. The summed E-state index contributed by atoms with van der Waals surface area (Å²) in [6.07, 6.45) is 4.04. The van der Waals surface area contributed by atoms with Crippen molar-refractivity contribution in [2.24, 2.45) is 0 Å². The Labute approximate surface area is 97.4 Å². The summed E-state index contributed by atoms with van der Waals surface area (Å²) in [5.41, 5.74) is 0. The molecule has 1 amide bonds. The van der Waals surface area contributed by atoms with Crippen molar-refractivity contribution in [2.45, 2.75) is 19.9 Å². The molecule has 2 aromatic heterocycles. The number of carbonyl (C=O) groups is 1. The van der Waals surface area contributed by atoms with Crippen LogP contribution in [-0.4, -0.2) is 42.6 Å². The molecule has 0 aliphatic heterocycles. The number of carbonyl (C=O) groups excluding carboxylic acids is 1. The first kappa shape index (κ1) is 11.2. The van der Waals surface area contributed by atoms with Gasteiger partial charge < -0.3 is 5.32 Å². The van der Waals surface area contributed by atoms with E-state index in [1.165, 1.54) is 0 Å². The summed E-state index contributed by atoms with van der Waals surface area (Å²) in [7, 11) is 0. The minimum absolute atomic E-state index is 0.167. The fraction of sp³-hybridized carbons (Fsp3) is 0.444. The number of aryl methyl sites for hydroxylation is 1. The third-order valence-electron chi connectivity index (χ3n) is 2.17. The summed E-state index contributed by atoms with van der Waals surface area (Å²) in [4.78, 5) is 15.6. The van der Waals surface area contributed by atoms with E-state index in [0.717, 1.165) is 6.42 Å². The molecule has 2 rings (SSSR count). The van der Waals surface area contributed by atoms with E-state index in [2.05, 4.69) is 30.8 Å². The van der Waals surface area contributed by atoms with Crippen molar-refractivity contribution in [3.05, 3.63) is 24.0 Å². The van der Waals surface area contributed by atoms with E-state index in [1.807, 2.05) is 6.92 Å². The van der Waals surface area contributed by atoms with Gasteiger partial charge in [0.1, 0.15) is 5.82 Å². The van der Waals surface area contributed by atoms with Gasteiger partial charge in [-0.05, 0) is 0 Å². The van der Waals surface area contributed by atoms with Crippen molar-refractivity contribution in [2.75, 3.05) is 6.54 Å². The number of nitrogens with one attached hydrogen (secondary N) is 2. The molecule has 0 fully saturated rings.